The van der Waals surface area contributed by atoms with E-state index in [0.717, 1.165) is 38.0 Å². The van der Waals surface area contributed by atoms with Gasteiger partial charge in [-0.15, -0.1) is 0 Å². The fourth-order valence-electron chi connectivity index (χ4n) is 1.94. The van der Waals surface area contributed by atoms with Crippen LogP contribution in [0.3, 0.4) is 0 Å². The molecule has 0 aromatic carbocycles. The number of aliphatic hydroxyl groups is 1. The molecule has 18 heavy (non-hydrogen) atoms. The molecule has 4 heteroatoms. The number of hydrogen-bond donors (Lipinski definition) is 2. The number of nitrogens with zero attached hydrogens (tertiary/aromatic N) is 2. The SMILES string of the molecule is CCC(CCO)CNCc1ccn(C(C)CC)n1. The summed E-state index contributed by atoms with van der Waals surface area (Å²) in [7, 11) is 0. The minimum Gasteiger partial charge on any atom is -0.396 e. The Morgan fingerprint density at radius 3 is 2.78 bits per heavy atom. The van der Waals surface area contributed by atoms with Crippen LogP contribution in [0.2, 0.25) is 0 Å². The summed E-state index contributed by atoms with van der Waals surface area (Å²) in [5, 5.41) is 16.9. The fraction of sp³-hybridized carbons (Fsp3) is 0.786. The number of nitrogens with one attached hydrogen (secondary N) is 1. The topological polar surface area (TPSA) is 50.1 Å². The Labute approximate surface area is 110 Å². The maximum atomic E-state index is 8.93. The molecule has 104 valence electrons. The van der Waals surface area contributed by atoms with Gasteiger partial charge in [0.2, 0.25) is 0 Å². The van der Waals surface area contributed by atoms with Crippen LogP contribution in [0.15, 0.2) is 12.3 Å². The van der Waals surface area contributed by atoms with Crippen molar-refractivity contribution in [2.45, 2.75) is 52.6 Å². The van der Waals surface area contributed by atoms with Crippen LogP contribution in [0.25, 0.3) is 0 Å². The summed E-state index contributed by atoms with van der Waals surface area (Å²) < 4.78 is 2.03. The van der Waals surface area contributed by atoms with Crippen molar-refractivity contribution in [3.63, 3.8) is 0 Å². The molecule has 1 rings (SSSR count). The Balaban J connectivity index is 2.32. The molecule has 2 unspecified atom stereocenters. The van der Waals surface area contributed by atoms with Crippen LogP contribution < -0.4 is 5.32 Å². The Kier molecular flexibility index (Phi) is 6.98. The van der Waals surface area contributed by atoms with Crippen LogP contribution in [0.4, 0.5) is 0 Å². The minimum atomic E-state index is 0.281. The van der Waals surface area contributed by atoms with E-state index in [1.807, 2.05) is 4.68 Å². The van der Waals surface area contributed by atoms with Crippen LogP contribution in [0.5, 0.6) is 0 Å². The summed E-state index contributed by atoms with van der Waals surface area (Å²) in [5.41, 5.74) is 1.09. The number of aliphatic hydroxyl groups excluding tert-OH is 1. The maximum Gasteiger partial charge on any atom is 0.0762 e. The van der Waals surface area contributed by atoms with E-state index in [-0.39, 0.29) is 6.61 Å². The molecular formula is C14H27N3O. The fourth-order valence-corrected chi connectivity index (χ4v) is 1.94. The van der Waals surface area contributed by atoms with Gasteiger partial charge in [-0.05, 0) is 38.3 Å². The zero-order valence-corrected chi connectivity index (χ0v) is 11.9. The van der Waals surface area contributed by atoms with Crippen LogP contribution in [0.1, 0.15) is 51.8 Å². The maximum absolute atomic E-state index is 8.93. The molecule has 2 N–H and O–H groups in total. The average Bonchev–Trinajstić information content (AvgIpc) is 2.85. The third-order valence-electron chi connectivity index (χ3n) is 3.56. The Morgan fingerprint density at radius 1 is 1.39 bits per heavy atom. The molecular weight excluding hydrogens is 226 g/mol. The normalized spacial score (nSPS) is 14.7. The predicted molar refractivity (Wildman–Crippen MR) is 74.4 cm³/mol. The van der Waals surface area contributed by atoms with Crippen LogP contribution in [-0.2, 0) is 6.54 Å². The number of hydrogen-bond acceptors (Lipinski definition) is 3. The second-order valence-electron chi connectivity index (χ2n) is 4.96. The van der Waals surface area contributed by atoms with E-state index in [0.29, 0.717) is 12.0 Å². The quantitative estimate of drug-likeness (QED) is 0.710. The standard InChI is InChI=1S/C14H27N3O/c1-4-12(3)17-8-6-14(16-17)11-15-10-13(5-2)7-9-18/h6,8,12-13,15,18H,4-5,7,9-11H2,1-3H3. The van der Waals surface area contributed by atoms with Crippen molar-refractivity contribution in [2.24, 2.45) is 5.92 Å². The third-order valence-corrected chi connectivity index (χ3v) is 3.56. The molecule has 1 aromatic rings. The first-order valence-corrected chi connectivity index (χ1v) is 7.06. The molecule has 0 saturated carbocycles. The molecule has 1 heterocycles. The van der Waals surface area contributed by atoms with Gasteiger partial charge in [0.1, 0.15) is 0 Å². The molecule has 0 saturated heterocycles. The first kappa shape index (κ1) is 15.2. The molecule has 0 aliphatic heterocycles. The van der Waals surface area contributed by atoms with E-state index in [1.165, 1.54) is 0 Å². The van der Waals surface area contributed by atoms with Crippen molar-refractivity contribution < 1.29 is 5.11 Å². The van der Waals surface area contributed by atoms with Crippen molar-refractivity contribution in [3.05, 3.63) is 18.0 Å². The lowest BCUT2D eigenvalue weighted by atomic mass is 10.0. The highest BCUT2D eigenvalue weighted by atomic mass is 16.3. The van der Waals surface area contributed by atoms with E-state index < -0.39 is 0 Å². The van der Waals surface area contributed by atoms with Gasteiger partial charge in [0.05, 0.1) is 5.69 Å². The van der Waals surface area contributed by atoms with Gasteiger partial charge in [-0.25, -0.2) is 0 Å². The molecule has 0 spiro atoms. The summed E-state index contributed by atoms with van der Waals surface area (Å²) in [4.78, 5) is 0. The highest BCUT2D eigenvalue weighted by Crippen LogP contribution is 2.09. The monoisotopic (exact) mass is 253 g/mol. The van der Waals surface area contributed by atoms with Crippen molar-refractivity contribution in [1.82, 2.24) is 15.1 Å². The minimum absolute atomic E-state index is 0.281. The van der Waals surface area contributed by atoms with Crippen molar-refractivity contribution >= 4 is 0 Å². The molecule has 0 radical (unpaired) electrons. The van der Waals surface area contributed by atoms with Gasteiger partial charge >= 0.3 is 0 Å². The molecule has 0 aliphatic rings. The molecule has 1 aromatic heterocycles. The van der Waals surface area contributed by atoms with Gasteiger partial charge in [0.15, 0.2) is 0 Å². The summed E-state index contributed by atoms with van der Waals surface area (Å²) >= 11 is 0. The first-order chi connectivity index (χ1) is 8.71. The molecule has 0 amide bonds. The van der Waals surface area contributed by atoms with Gasteiger partial charge in [0.25, 0.3) is 0 Å². The molecule has 0 fully saturated rings. The van der Waals surface area contributed by atoms with Gasteiger partial charge < -0.3 is 10.4 Å². The zero-order valence-electron chi connectivity index (χ0n) is 11.9. The smallest absolute Gasteiger partial charge is 0.0762 e. The highest BCUT2D eigenvalue weighted by Gasteiger charge is 2.07. The van der Waals surface area contributed by atoms with Gasteiger partial charge in [-0.2, -0.15) is 5.10 Å². The Morgan fingerprint density at radius 2 is 2.17 bits per heavy atom. The summed E-state index contributed by atoms with van der Waals surface area (Å²) in [6.45, 7) is 8.56. The summed E-state index contributed by atoms with van der Waals surface area (Å²) in [6, 6.07) is 2.54. The Hall–Kier alpha value is -0.870. The Bertz CT molecular complexity index is 325. The largest absolute Gasteiger partial charge is 0.396 e. The average molecular weight is 253 g/mol. The molecule has 0 bridgehead atoms. The predicted octanol–water partition coefficient (Wildman–Crippen LogP) is 2.35. The van der Waals surface area contributed by atoms with E-state index in [2.05, 4.69) is 43.4 Å². The first-order valence-electron chi connectivity index (χ1n) is 7.06. The van der Waals surface area contributed by atoms with Gasteiger partial charge in [0, 0.05) is 25.4 Å². The van der Waals surface area contributed by atoms with Crippen molar-refractivity contribution in [1.29, 1.82) is 0 Å². The molecule has 2 atom stereocenters. The summed E-state index contributed by atoms with van der Waals surface area (Å²) in [6.07, 6.45) is 5.14. The van der Waals surface area contributed by atoms with Crippen LogP contribution in [-0.4, -0.2) is 28.0 Å². The second kappa shape index (κ2) is 8.27. The lowest BCUT2D eigenvalue weighted by Gasteiger charge is -2.13. The van der Waals surface area contributed by atoms with Gasteiger partial charge in [-0.1, -0.05) is 20.3 Å². The van der Waals surface area contributed by atoms with Gasteiger partial charge in [-0.3, -0.25) is 4.68 Å². The van der Waals surface area contributed by atoms with E-state index in [4.69, 9.17) is 5.11 Å². The zero-order chi connectivity index (χ0) is 13.4. The van der Waals surface area contributed by atoms with E-state index in [1.54, 1.807) is 0 Å². The van der Waals surface area contributed by atoms with Crippen LogP contribution in [0, 0.1) is 5.92 Å². The lowest BCUT2D eigenvalue weighted by Crippen LogP contribution is -2.23. The second-order valence-corrected chi connectivity index (χ2v) is 4.96. The number of aromatic nitrogens is 2. The third kappa shape index (κ3) is 4.78. The van der Waals surface area contributed by atoms with Crippen LogP contribution >= 0.6 is 0 Å². The number of rotatable bonds is 9. The summed E-state index contributed by atoms with van der Waals surface area (Å²) in [5.74, 6) is 0.562. The molecule has 0 aliphatic carbocycles. The van der Waals surface area contributed by atoms with Crippen molar-refractivity contribution in [2.75, 3.05) is 13.2 Å². The van der Waals surface area contributed by atoms with E-state index >= 15 is 0 Å². The lowest BCUT2D eigenvalue weighted by molar-refractivity contribution is 0.251. The highest BCUT2D eigenvalue weighted by molar-refractivity contribution is 4.99. The van der Waals surface area contributed by atoms with Crippen molar-refractivity contribution in [3.8, 4) is 0 Å². The molecule has 4 nitrogen and oxygen atoms in total. The van der Waals surface area contributed by atoms with E-state index in [9.17, 15) is 0 Å².